The maximum Gasteiger partial charge on any atom is 0.0718 e. The lowest BCUT2D eigenvalue weighted by atomic mass is 10.1. The van der Waals surface area contributed by atoms with Crippen LogP contribution in [0, 0.1) is 0 Å². The van der Waals surface area contributed by atoms with Crippen LogP contribution in [0.2, 0.25) is 0 Å². The fourth-order valence-electron chi connectivity index (χ4n) is 3.68. The van der Waals surface area contributed by atoms with Gasteiger partial charge in [0.2, 0.25) is 0 Å². The summed E-state index contributed by atoms with van der Waals surface area (Å²) in [7, 11) is 3.35. The van der Waals surface area contributed by atoms with Crippen molar-refractivity contribution in [3.05, 3.63) is 59.7 Å². The molecule has 0 amide bonds. The minimum absolute atomic E-state index is 0.601. The third-order valence-electron chi connectivity index (χ3n) is 5.72. The van der Waals surface area contributed by atoms with Crippen molar-refractivity contribution in [1.29, 1.82) is 0 Å². The SMILES string of the molecule is C1=CCCCCCC1.C1=CCCCCCC1.COCCOCCOCc1ccc(COC)cc1. The lowest BCUT2D eigenvalue weighted by Crippen LogP contribution is -2.08. The van der Waals surface area contributed by atoms with Gasteiger partial charge in [-0.15, -0.1) is 0 Å². The van der Waals surface area contributed by atoms with E-state index in [1.165, 1.54) is 82.6 Å². The molecular formula is C30H50O4. The molecular weight excluding hydrogens is 424 g/mol. The Kier molecular flexibility index (Phi) is 22.2. The number of ether oxygens (including phenoxy) is 4. The number of hydrogen-bond acceptors (Lipinski definition) is 4. The number of hydrogen-bond donors (Lipinski definition) is 0. The zero-order chi connectivity index (χ0) is 24.4. The molecule has 0 fully saturated rings. The van der Waals surface area contributed by atoms with Crippen LogP contribution < -0.4 is 0 Å². The van der Waals surface area contributed by atoms with E-state index in [0.29, 0.717) is 39.6 Å². The minimum atomic E-state index is 0.601. The summed E-state index contributed by atoms with van der Waals surface area (Å²) in [4.78, 5) is 0. The standard InChI is InChI=1S/C14H22O4.2C8H14/c1-15-7-8-17-9-10-18-12-14-5-3-13(4-6-14)11-16-2;2*1-2-4-6-8-7-5-3-1/h3-6H,7-12H2,1-2H3;2*1-2H,3-8H2. The Morgan fingerprint density at radius 1 is 0.471 bits per heavy atom. The maximum absolute atomic E-state index is 5.50. The van der Waals surface area contributed by atoms with E-state index in [1.54, 1.807) is 14.2 Å². The van der Waals surface area contributed by atoms with Crippen LogP contribution in [0.1, 0.15) is 88.2 Å². The van der Waals surface area contributed by atoms with Crippen LogP contribution in [0.25, 0.3) is 0 Å². The third kappa shape index (κ3) is 20.0. The average Bonchev–Trinajstić information content (AvgIpc) is 2.80. The molecule has 0 bridgehead atoms. The summed E-state index contributed by atoms with van der Waals surface area (Å²) >= 11 is 0. The molecule has 0 heterocycles. The number of rotatable bonds is 10. The quantitative estimate of drug-likeness (QED) is 0.256. The molecule has 2 aliphatic rings. The molecule has 0 saturated heterocycles. The number of allylic oxidation sites excluding steroid dienone is 4. The van der Waals surface area contributed by atoms with Crippen molar-refractivity contribution in [3.8, 4) is 0 Å². The van der Waals surface area contributed by atoms with Crippen LogP contribution >= 0.6 is 0 Å². The molecule has 0 N–H and O–H groups in total. The lowest BCUT2D eigenvalue weighted by molar-refractivity contribution is 0.0199. The van der Waals surface area contributed by atoms with Crippen LogP contribution in [-0.2, 0) is 32.2 Å². The van der Waals surface area contributed by atoms with Gasteiger partial charge in [-0.2, -0.15) is 0 Å². The van der Waals surface area contributed by atoms with Crippen LogP contribution in [-0.4, -0.2) is 40.6 Å². The van der Waals surface area contributed by atoms with Crippen LogP contribution in [0.5, 0.6) is 0 Å². The van der Waals surface area contributed by atoms with Gasteiger partial charge < -0.3 is 18.9 Å². The highest BCUT2D eigenvalue weighted by atomic mass is 16.5. The van der Waals surface area contributed by atoms with Gasteiger partial charge in [-0.3, -0.25) is 0 Å². The van der Waals surface area contributed by atoms with Crippen molar-refractivity contribution in [2.24, 2.45) is 0 Å². The topological polar surface area (TPSA) is 36.9 Å². The van der Waals surface area contributed by atoms with Crippen molar-refractivity contribution >= 4 is 0 Å². The summed E-state index contributed by atoms with van der Waals surface area (Å²) in [5.41, 5.74) is 2.33. The van der Waals surface area contributed by atoms with Crippen LogP contribution in [0.3, 0.4) is 0 Å². The van der Waals surface area contributed by atoms with Gasteiger partial charge in [0, 0.05) is 14.2 Å². The van der Waals surface area contributed by atoms with E-state index >= 15 is 0 Å². The zero-order valence-electron chi connectivity index (χ0n) is 22.0. The molecule has 0 aromatic heterocycles. The van der Waals surface area contributed by atoms with E-state index in [1.807, 2.05) is 0 Å². The fourth-order valence-corrected chi connectivity index (χ4v) is 3.68. The molecule has 0 unspecified atom stereocenters. The molecule has 1 aromatic carbocycles. The summed E-state index contributed by atoms with van der Waals surface area (Å²) in [6.45, 7) is 3.70. The Morgan fingerprint density at radius 3 is 1.32 bits per heavy atom. The summed E-state index contributed by atoms with van der Waals surface area (Å²) in [5.74, 6) is 0. The van der Waals surface area contributed by atoms with Gasteiger partial charge in [0.15, 0.2) is 0 Å². The van der Waals surface area contributed by atoms with Gasteiger partial charge in [0.25, 0.3) is 0 Å². The first-order valence-electron chi connectivity index (χ1n) is 13.4. The van der Waals surface area contributed by atoms with Gasteiger partial charge in [-0.05, 0) is 62.5 Å². The molecule has 4 heteroatoms. The Balaban J connectivity index is 0.000000296. The first kappa shape index (κ1) is 30.6. The van der Waals surface area contributed by atoms with E-state index < -0.39 is 0 Å². The average molecular weight is 475 g/mol. The smallest absolute Gasteiger partial charge is 0.0718 e. The highest BCUT2D eigenvalue weighted by Gasteiger charge is 1.96. The third-order valence-corrected chi connectivity index (χ3v) is 5.72. The second-order valence-electron chi connectivity index (χ2n) is 8.83. The molecule has 1 aromatic rings. The largest absolute Gasteiger partial charge is 0.382 e. The minimum Gasteiger partial charge on any atom is -0.382 e. The van der Waals surface area contributed by atoms with Crippen molar-refractivity contribution in [2.75, 3.05) is 40.6 Å². The second kappa shape index (κ2) is 24.7. The van der Waals surface area contributed by atoms with E-state index in [9.17, 15) is 0 Å². The molecule has 0 aliphatic heterocycles. The van der Waals surface area contributed by atoms with Crippen molar-refractivity contribution in [2.45, 2.75) is 90.3 Å². The van der Waals surface area contributed by atoms with E-state index in [-0.39, 0.29) is 0 Å². The van der Waals surface area contributed by atoms with Crippen molar-refractivity contribution in [1.82, 2.24) is 0 Å². The molecule has 194 valence electrons. The molecule has 2 aliphatic carbocycles. The van der Waals surface area contributed by atoms with Crippen LogP contribution in [0.4, 0.5) is 0 Å². The van der Waals surface area contributed by atoms with Gasteiger partial charge >= 0.3 is 0 Å². The Labute approximate surface area is 209 Å². The molecule has 0 saturated carbocycles. The highest BCUT2D eigenvalue weighted by molar-refractivity contribution is 5.21. The first-order valence-corrected chi connectivity index (χ1v) is 13.4. The lowest BCUT2D eigenvalue weighted by Gasteiger charge is -2.06. The molecule has 0 radical (unpaired) electrons. The summed E-state index contributed by atoms with van der Waals surface area (Å²) in [6.07, 6.45) is 26.0. The normalized spacial score (nSPS) is 16.1. The van der Waals surface area contributed by atoms with Gasteiger partial charge in [0.1, 0.15) is 0 Å². The van der Waals surface area contributed by atoms with Crippen molar-refractivity contribution in [3.63, 3.8) is 0 Å². The molecule has 0 spiro atoms. The van der Waals surface area contributed by atoms with E-state index in [4.69, 9.17) is 18.9 Å². The first-order chi connectivity index (χ1) is 16.9. The van der Waals surface area contributed by atoms with Gasteiger partial charge in [0.05, 0.1) is 39.6 Å². The Hall–Kier alpha value is -1.46. The summed E-state index contributed by atoms with van der Waals surface area (Å²) in [6, 6.07) is 8.22. The Morgan fingerprint density at radius 2 is 0.882 bits per heavy atom. The van der Waals surface area contributed by atoms with Gasteiger partial charge in [-0.1, -0.05) is 74.3 Å². The Bertz CT molecular complexity index is 552. The monoisotopic (exact) mass is 474 g/mol. The number of benzene rings is 1. The van der Waals surface area contributed by atoms with Crippen molar-refractivity contribution < 1.29 is 18.9 Å². The van der Waals surface area contributed by atoms with Crippen LogP contribution in [0.15, 0.2) is 48.6 Å². The molecule has 3 rings (SSSR count). The highest BCUT2D eigenvalue weighted by Crippen LogP contribution is 2.11. The molecule has 34 heavy (non-hydrogen) atoms. The second-order valence-corrected chi connectivity index (χ2v) is 8.83. The summed E-state index contributed by atoms with van der Waals surface area (Å²) < 4.78 is 20.7. The van der Waals surface area contributed by atoms with E-state index in [0.717, 1.165) is 5.56 Å². The zero-order valence-corrected chi connectivity index (χ0v) is 22.0. The fraction of sp³-hybridized carbons (Fsp3) is 0.667. The predicted octanol–water partition coefficient (Wildman–Crippen LogP) is 7.81. The molecule has 0 atom stereocenters. The summed E-state index contributed by atoms with van der Waals surface area (Å²) in [5, 5.41) is 0. The van der Waals surface area contributed by atoms with E-state index in [2.05, 4.69) is 48.6 Å². The van der Waals surface area contributed by atoms with Gasteiger partial charge in [-0.25, -0.2) is 0 Å². The predicted molar refractivity (Wildman–Crippen MR) is 143 cm³/mol. The maximum atomic E-state index is 5.50. The number of methoxy groups -OCH3 is 2. The molecule has 4 nitrogen and oxygen atoms in total.